The zero-order chi connectivity index (χ0) is 14.9. The highest BCUT2D eigenvalue weighted by Crippen LogP contribution is 2.41. The summed E-state index contributed by atoms with van der Waals surface area (Å²) in [5, 5.41) is 0. The van der Waals surface area contributed by atoms with Crippen molar-refractivity contribution in [1.29, 1.82) is 0 Å². The Morgan fingerprint density at radius 3 is 2.24 bits per heavy atom. The molecule has 1 aromatic heterocycles. The van der Waals surface area contributed by atoms with Crippen LogP contribution in [0.5, 0.6) is 0 Å². The third-order valence-corrected chi connectivity index (χ3v) is 5.97. The van der Waals surface area contributed by atoms with Crippen molar-refractivity contribution in [2.45, 2.75) is 78.1 Å². The maximum Gasteiger partial charge on any atom is 0.144 e. The summed E-state index contributed by atoms with van der Waals surface area (Å²) >= 11 is 0. The maximum atomic E-state index is 12.5. The van der Waals surface area contributed by atoms with Crippen LogP contribution in [-0.4, -0.2) is 10.8 Å². The number of rotatable bonds is 5. The van der Waals surface area contributed by atoms with Crippen LogP contribution in [0.1, 0.15) is 76.6 Å². The fraction of sp³-hybridized carbons (Fsp3) is 0.737. The molecule has 2 nitrogen and oxygen atoms in total. The second-order valence-corrected chi connectivity index (χ2v) is 8.07. The molecule has 0 radical (unpaired) electrons. The highest BCUT2D eigenvalue weighted by molar-refractivity contribution is 5.86. The minimum atomic E-state index is -0.0529. The fourth-order valence-electron chi connectivity index (χ4n) is 4.38. The second-order valence-electron chi connectivity index (χ2n) is 8.07. The topological polar surface area (TPSA) is 32.9 Å². The van der Waals surface area contributed by atoms with Crippen molar-refractivity contribution in [1.82, 2.24) is 4.98 Å². The lowest BCUT2D eigenvalue weighted by Crippen LogP contribution is -2.26. The van der Waals surface area contributed by atoms with Crippen LogP contribution in [0, 0.1) is 10.8 Å². The second kappa shape index (κ2) is 5.62. The Hall–Kier alpha value is -1.05. The number of ketones is 1. The number of nitrogens with one attached hydrogen (secondary N) is 1. The van der Waals surface area contributed by atoms with Gasteiger partial charge in [0.15, 0.2) is 0 Å². The van der Waals surface area contributed by atoms with E-state index in [2.05, 4.69) is 31.0 Å². The van der Waals surface area contributed by atoms with Crippen LogP contribution >= 0.6 is 0 Å². The molecule has 21 heavy (non-hydrogen) atoms. The van der Waals surface area contributed by atoms with Crippen molar-refractivity contribution in [2.24, 2.45) is 10.8 Å². The third-order valence-electron chi connectivity index (χ3n) is 5.97. The molecule has 1 heterocycles. The number of aromatic nitrogens is 1. The summed E-state index contributed by atoms with van der Waals surface area (Å²) in [7, 11) is 0. The summed E-state index contributed by atoms with van der Waals surface area (Å²) in [6.07, 6.45) is 11.8. The molecule has 1 aromatic rings. The van der Waals surface area contributed by atoms with E-state index < -0.39 is 0 Å². The van der Waals surface area contributed by atoms with Crippen LogP contribution in [-0.2, 0) is 17.6 Å². The van der Waals surface area contributed by atoms with Gasteiger partial charge in [-0.2, -0.15) is 0 Å². The van der Waals surface area contributed by atoms with Gasteiger partial charge in [-0.15, -0.1) is 0 Å². The van der Waals surface area contributed by atoms with E-state index in [4.69, 9.17) is 0 Å². The van der Waals surface area contributed by atoms with Crippen molar-refractivity contribution >= 4 is 5.78 Å². The van der Waals surface area contributed by atoms with Crippen molar-refractivity contribution in [2.75, 3.05) is 0 Å². The molecule has 1 N–H and O–H groups in total. The Labute approximate surface area is 128 Å². The zero-order valence-electron chi connectivity index (χ0n) is 13.6. The van der Waals surface area contributed by atoms with Crippen molar-refractivity contribution in [3.8, 4) is 0 Å². The van der Waals surface area contributed by atoms with Crippen LogP contribution in [0.25, 0.3) is 0 Å². The van der Waals surface area contributed by atoms with Crippen molar-refractivity contribution in [3.63, 3.8) is 0 Å². The monoisotopic (exact) mass is 287 g/mol. The first-order valence-corrected chi connectivity index (χ1v) is 8.69. The molecule has 2 heteroatoms. The molecule has 2 saturated carbocycles. The molecule has 0 amide bonds. The molecule has 0 atom stereocenters. The zero-order valence-corrected chi connectivity index (χ0v) is 13.6. The van der Waals surface area contributed by atoms with Gasteiger partial charge in [0.1, 0.15) is 5.78 Å². The number of carbonyl (C=O) groups is 1. The molecule has 2 fully saturated rings. The predicted molar refractivity (Wildman–Crippen MR) is 86.4 cm³/mol. The van der Waals surface area contributed by atoms with E-state index in [1.54, 1.807) is 0 Å². The molecule has 0 aliphatic heterocycles. The van der Waals surface area contributed by atoms with E-state index in [9.17, 15) is 4.79 Å². The fourth-order valence-corrected chi connectivity index (χ4v) is 4.38. The molecule has 2 aliphatic carbocycles. The van der Waals surface area contributed by atoms with Gasteiger partial charge >= 0.3 is 0 Å². The number of hydrogen-bond donors (Lipinski definition) is 1. The largest absolute Gasteiger partial charge is 0.362 e. The van der Waals surface area contributed by atoms with E-state index in [0.29, 0.717) is 17.6 Å². The summed E-state index contributed by atoms with van der Waals surface area (Å²) in [4.78, 5) is 16.0. The van der Waals surface area contributed by atoms with E-state index in [1.165, 1.54) is 44.2 Å². The Bertz CT molecular complexity index is 501. The summed E-state index contributed by atoms with van der Waals surface area (Å²) < 4.78 is 0. The normalized spacial score (nSPS) is 23.5. The van der Waals surface area contributed by atoms with Crippen molar-refractivity contribution in [3.05, 3.63) is 23.5 Å². The Balaban J connectivity index is 1.61. The van der Waals surface area contributed by atoms with E-state index >= 15 is 0 Å². The molecular formula is C19H29NO. The minimum absolute atomic E-state index is 0.0529. The summed E-state index contributed by atoms with van der Waals surface area (Å²) in [5.41, 5.74) is 2.86. The van der Waals surface area contributed by atoms with Crippen LogP contribution < -0.4 is 0 Å². The Morgan fingerprint density at radius 2 is 1.57 bits per heavy atom. The van der Waals surface area contributed by atoms with Gasteiger partial charge in [0.05, 0.1) is 0 Å². The summed E-state index contributed by atoms with van der Waals surface area (Å²) in [6, 6.07) is 4.33. The lowest BCUT2D eigenvalue weighted by Gasteiger charge is -2.22. The number of aromatic amines is 1. The quantitative estimate of drug-likeness (QED) is 0.826. The van der Waals surface area contributed by atoms with Gasteiger partial charge in [0, 0.05) is 23.2 Å². The first kappa shape index (κ1) is 14.9. The van der Waals surface area contributed by atoms with Crippen LogP contribution in [0.3, 0.4) is 0 Å². The van der Waals surface area contributed by atoms with Gasteiger partial charge in [-0.05, 0) is 49.7 Å². The van der Waals surface area contributed by atoms with E-state index in [-0.39, 0.29) is 5.41 Å². The van der Waals surface area contributed by atoms with Gasteiger partial charge in [0.25, 0.3) is 0 Å². The summed E-state index contributed by atoms with van der Waals surface area (Å²) in [6.45, 7) is 4.57. The number of hydrogen-bond acceptors (Lipinski definition) is 1. The van der Waals surface area contributed by atoms with Gasteiger partial charge in [-0.1, -0.05) is 39.5 Å². The molecule has 0 spiro atoms. The molecule has 0 unspecified atom stereocenters. The standard InChI is InChI=1S/C19H29NO/c1-18(9-3-4-10-18)14-16-8-7-15(20-16)13-17(21)19(2)11-5-6-12-19/h7-8,20H,3-6,9-14H2,1-2H3. The predicted octanol–water partition coefficient (Wildman–Crippen LogP) is 4.83. The van der Waals surface area contributed by atoms with E-state index in [1.807, 2.05) is 0 Å². The van der Waals surface area contributed by atoms with Crippen molar-refractivity contribution < 1.29 is 4.79 Å². The number of carbonyl (C=O) groups excluding carboxylic acids is 1. The molecule has 0 bridgehead atoms. The van der Waals surface area contributed by atoms with Gasteiger partial charge in [-0.3, -0.25) is 4.79 Å². The molecule has 0 saturated heterocycles. The lowest BCUT2D eigenvalue weighted by molar-refractivity contribution is -0.127. The SMILES string of the molecule is CC1(Cc2ccc(CC(=O)C3(C)CCCC3)[nH]2)CCCC1. The van der Waals surface area contributed by atoms with Gasteiger partial charge in [-0.25, -0.2) is 0 Å². The lowest BCUT2D eigenvalue weighted by atomic mass is 9.82. The average molecular weight is 287 g/mol. The molecule has 116 valence electrons. The molecular weight excluding hydrogens is 258 g/mol. The number of H-pyrrole nitrogens is 1. The van der Waals surface area contributed by atoms with Gasteiger partial charge in [0.2, 0.25) is 0 Å². The van der Waals surface area contributed by atoms with E-state index in [0.717, 1.165) is 25.0 Å². The highest BCUT2D eigenvalue weighted by atomic mass is 16.1. The summed E-state index contributed by atoms with van der Waals surface area (Å²) in [5.74, 6) is 0.431. The third kappa shape index (κ3) is 3.25. The number of Topliss-reactive ketones (excluding diaryl/α,β-unsaturated/α-hetero) is 1. The first-order chi connectivity index (χ1) is 9.99. The average Bonchev–Trinajstić information content (AvgIpc) is 3.14. The first-order valence-electron chi connectivity index (χ1n) is 8.69. The molecule has 0 aromatic carbocycles. The Morgan fingerprint density at radius 1 is 1.00 bits per heavy atom. The highest BCUT2D eigenvalue weighted by Gasteiger charge is 2.36. The van der Waals surface area contributed by atoms with Crippen LogP contribution in [0.15, 0.2) is 12.1 Å². The minimum Gasteiger partial charge on any atom is -0.362 e. The molecule has 2 aliphatic rings. The smallest absolute Gasteiger partial charge is 0.144 e. The van der Waals surface area contributed by atoms with Crippen LogP contribution in [0.2, 0.25) is 0 Å². The molecule has 3 rings (SSSR count). The van der Waals surface area contributed by atoms with Crippen LogP contribution in [0.4, 0.5) is 0 Å². The van der Waals surface area contributed by atoms with Gasteiger partial charge < -0.3 is 4.98 Å². The Kier molecular flexibility index (Phi) is 3.98. The maximum absolute atomic E-state index is 12.5.